The lowest BCUT2D eigenvalue weighted by molar-refractivity contribution is -0.122. The van der Waals surface area contributed by atoms with E-state index < -0.39 is 35.7 Å². The van der Waals surface area contributed by atoms with Crippen molar-refractivity contribution in [2.24, 2.45) is 0 Å². The standard InChI is InChI=1S/C18H18FN3O6/c19-12-8-21(16-2-1-5-26-16)18(25)22(17(12)24)9-15(23)20-7-11-3-4-13-14(6-11)28-10-27-13/h3-4,6,8,16H,1-2,5,7,9-10H2,(H,20,23). The molecule has 1 saturated heterocycles. The first-order chi connectivity index (χ1) is 13.5. The van der Waals surface area contributed by atoms with Crippen LogP contribution < -0.4 is 26.0 Å². The van der Waals surface area contributed by atoms with Crippen LogP contribution in [0.25, 0.3) is 0 Å². The molecule has 28 heavy (non-hydrogen) atoms. The molecule has 2 aliphatic rings. The molecule has 0 aliphatic carbocycles. The van der Waals surface area contributed by atoms with Crippen molar-refractivity contribution in [1.29, 1.82) is 0 Å². The van der Waals surface area contributed by atoms with E-state index in [1.807, 2.05) is 0 Å². The quantitative estimate of drug-likeness (QED) is 0.797. The number of amides is 1. The van der Waals surface area contributed by atoms with E-state index in [1.54, 1.807) is 18.2 Å². The van der Waals surface area contributed by atoms with Crippen LogP contribution in [0.5, 0.6) is 11.5 Å². The number of halogens is 1. The molecule has 0 bridgehead atoms. The molecule has 1 atom stereocenters. The van der Waals surface area contributed by atoms with Crippen molar-refractivity contribution in [2.45, 2.75) is 32.2 Å². The highest BCUT2D eigenvalue weighted by molar-refractivity contribution is 5.75. The number of hydrogen-bond donors (Lipinski definition) is 1. The molecule has 0 saturated carbocycles. The van der Waals surface area contributed by atoms with Crippen LogP contribution in [0.4, 0.5) is 4.39 Å². The molecular weight excluding hydrogens is 373 g/mol. The van der Waals surface area contributed by atoms with Crippen molar-refractivity contribution in [2.75, 3.05) is 13.4 Å². The van der Waals surface area contributed by atoms with Crippen molar-refractivity contribution in [3.8, 4) is 11.5 Å². The molecule has 2 aromatic rings. The second kappa shape index (κ2) is 7.47. The van der Waals surface area contributed by atoms with Gasteiger partial charge in [-0.05, 0) is 30.5 Å². The van der Waals surface area contributed by atoms with Crippen LogP contribution in [0.1, 0.15) is 24.6 Å². The van der Waals surface area contributed by atoms with Gasteiger partial charge in [0.15, 0.2) is 11.5 Å². The van der Waals surface area contributed by atoms with Gasteiger partial charge in [-0.2, -0.15) is 4.39 Å². The summed E-state index contributed by atoms with van der Waals surface area (Å²) in [6, 6.07) is 5.20. The SMILES string of the molecule is O=C(Cn1c(=O)c(F)cn(C2CCCO2)c1=O)NCc1ccc2c(c1)OCO2. The minimum atomic E-state index is -1.14. The highest BCUT2D eigenvalue weighted by Crippen LogP contribution is 2.32. The fourth-order valence-corrected chi connectivity index (χ4v) is 3.16. The topological polar surface area (TPSA) is 101 Å². The molecule has 9 nitrogen and oxygen atoms in total. The molecule has 10 heteroatoms. The minimum Gasteiger partial charge on any atom is -0.454 e. The Morgan fingerprint density at radius 3 is 2.86 bits per heavy atom. The molecule has 1 aromatic heterocycles. The summed E-state index contributed by atoms with van der Waals surface area (Å²) in [7, 11) is 0. The zero-order chi connectivity index (χ0) is 19.7. The molecule has 1 unspecified atom stereocenters. The fourth-order valence-electron chi connectivity index (χ4n) is 3.16. The number of fused-ring (bicyclic) bond motifs is 1. The minimum absolute atomic E-state index is 0.143. The van der Waals surface area contributed by atoms with E-state index in [0.29, 0.717) is 29.1 Å². The third kappa shape index (κ3) is 3.50. The highest BCUT2D eigenvalue weighted by Gasteiger charge is 2.23. The molecule has 2 aliphatic heterocycles. The summed E-state index contributed by atoms with van der Waals surface area (Å²) in [5.74, 6) is -0.511. The highest BCUT2D eigenvalue weighted by atomic mass is 19.1. The number of carbonyl (C=O) groups is 1. The first kappa shape index (κ1) is 18.2. The van der Waals surface area contributed by atoms with Crippen LogP contribution in [0.3, 0.4) is 0 Å². The number of ether oxygens (including phenoxy) is 3. The van der Waals surface area contributed by atoms with Gasteiger partial charge < -0.3 is 19.5 Å². The van der Waals surface area contributed by atoms with Crippen LogP contribution in [0, 0.1) is 5.82 Å². The van der Waals surface area contributed by atoms with Gasteiger partial charge in [0, 0.05) is 13.2 Å². The smallest absolute Gasteiger partial charge is 0.333 e. The Kier molecular flexibility index (Phi) is 4.86. The number of nitrogens with zero attached hydrogens (tertiary/aromatic N) is 2. The third-order valence-electron chi connectivity index (χ3n) is 4.60. The fraction of sp³-hybridized carbons (Fsp3) is 0.389. The van der Waals surface area contributed by atoms with Gasteiger partial charge in [-0.15, -0.1) is 0 Å². The van der Waals surface area contributed by atoms with Crippen LogP contribution in [0.15, 0.2) is 34.0 Å². The largest absolute Gasteiger partial charge is 0.454 e. The number of carbonyl (C=O) groups excluding carboxylic acids is 1. The van der Waals surface area contributed by atoms with Crippen molar-refractivity contribution in [1.82, 2.24) is 14.5 Å². The summed E-state index contributed by atoms with van der Waals surface area (Å²) >= 11 is 0. The number of hydrogen-bond acceptors (Lipinski definition) is 6. The van der Waals surface area contributed by atoms with Crippen molar-refractivity contribution < 1.29 is 23.4 Å². The predicted molar refractivity (Wildman–Crippen MR) is 93.6 cm³/mol. The average molecular weight is 391 g/mol. The van der Waals surface area contributed by atoms with Crippen molar-refractivity contribution in [3.63, 3.8) is 0 Å². The van der Waals surface area contributed by atoms with E-state index >= 15 is 0 Å². The van der Waals surface area contributed by atoms with Crippen LogP contribution in [-0.4, -0.2) is 28.4 Å². The Hall–Kier alpha value is -3.14. The number of rotatable bonds is 5. The Balaban J connectivity index is 1.48. The molecule has 4 rings (SSSR count). The summed E-state index contributed by atoms with van der Waals surface area (Å²) in [4.78, 5) is 36.8. The molecule has 0 radical (unpaired) electrons. The molecule has 148 valence electrons. The van der Waals surface area contributed by atoms with E-state index in [2.05, 4.69) is 5.32 Å². The van der Waals surface area contributed by atoms with Crippen LogP contribution >= 0.6 is 0 Å². The normalized spacial score (nSPS) is 17.7. The lowest BCUT2D eigenvalue weighted by Gasteiger charge is -2.15. The molecule has 1 fully saturated rings. The first-order valence-corrected chi connectivity index (χ1v) is 8.81. The summed E-state index contributed by atoms with van der Waals surface area (Å²) in [5.41, 5.74) is -1.17. The van der Waals surface area contributed by atoms with E-state index in [-0.39, 0.29) is 13.3 Å². The third-order valence-corrected chi connectivity index (χ3v) is 4.60. The summed E-state index contributed by atoms with van der Waals surface area (Å²) in [5, 5.41) is 2.60. The molecule has 1 N–H and O–H groups in total. The van der Waals surface area contributed by atoms with E-state index in [4.69, 9.17) is 14.2 Å². The number of benzene rings is 1. The zero-order valence-electron chi connectivity index (χ0n) is 14.9. The van der Waals surface area contributed by atoms with Crippen molar-refractivity contribution >= 4 is 5.91 Å². The van der Waals surface area contributed by atoms with E-state index in [9.17, 15) is 18.8 Å². The van der Waals surface area contributed by atoms with Gasteiger partial charge in [-0.25, -0.2) is 9.36 Å². The second-order valence-electron chi connectivity index (χ2n) is 6.49. The lowest BCUT2D eigenvalue weighted by Crippen LogP contribution is -2.45. The summed E-state index contributed by atoms with van der Waals surface area (Å²) < 4.78 is 31.5. The van der Waals surface area contributed by atoms with Gasteiger partial charge >= 0.3 is 5.69 Å². The summed E-state index contributed by atoms with van der Waals surface area (Å²) in [6.07, 6.45) is 1.47. The zero-order valence-corrected chi connectivity index (χ0v) is 14.9. The van der Waals surface area contributed by atoms with Crippen LogP contribution in [0.2, 0.25) is 0 Å². The maximum Gasteiger partial charge on any atom is 0.333 e. The lowest BCUT2D eigenvalue weighted by atomic mass is 10.2. The molecule has 1 amide bonds. The van der Waals surface area contributed by atoms with Gasteiger partial charge in [0.05, 0.1) is 6.20 Å². The Bertz CT molecular complexity index is 1020. The van der Waals surface area contributed by atoms with Gasteiger partial charge in [0.2, 0.25) is 18.5 Å². The predicted octanol–water partition coefficient (Wildman–Crippen LogP) is 0.503. The summed E-state index contributed by atoms with van der Waals surface area (Å²) in [6.45, 7) is 0.157. The second-order valence-corrected chi connectivity index (χ2v) is 6.49. The van der Waals surface area contributed by atoms with Crippen molar-refractivity contribution in [3.05, 3.63) is 56.6 Å². The van der Waals surface area contributed by atoms with Gasteiger partial charge in [0.25, 0.3) is 5.56 Å². The van der Waals surface area contributed by atoms with E-state index in [0.717, 1.165) is 22.7 Å². The van der Waals surface area contributed by atoms with E-state index in [1.165, 1.54) is 0 Å². The van der Waals surface area contributed by atoms with Crippen LogP contribution in [-0.2, 0) is 22.6 Å². The Morgan fingerprint density at radius 1 is 1.25 bits per heavy atom. The molecular formula is C18H18FN3O6. The van der Waals surface area contributed by atoms with Gasteiger partial charge in [0.1, 0.15) is 12.8 Å². The first-order valence-electron chi connectivity index (χ1n) is 8.81. The van der Waals surface area contributed by atoms with Gasteiger partial charge in [-0.1, -0.05) is 6.07 Å². The maximum absolute atomic E-state index is 14.0. The maximum atomic E-state index is 14.0. The van der Waals surface area contributed by atoms with Gasteiger partial charge in [-0.3, -0.25) is 14.2 Å². The number of nitrogens with one attached hydrogen (secondary N) is 1. The molecule has 3 heterocycles. The molecule has 1 aromatic carbocycles. The average Bonchev–Trinajstić information content (AvgIpc) is 3.37. The Morgan fingerprint density at radius 2 is 2.07 bits per heavy atom. The molecule has 0 spiro atoms. The number of aromatic nitrogens is 2. The monoisotopic (exact) mass is 391 g/mol. The Labute approximate surface area is 158 Å².